The van der Waals surface area contributed by atoms with Gasteiger partial charge in [-0.3, -0.25) is 0 Å². The second kappa shape index (κ2) is 2.25. The number of benzene rings is 1. The topological polar surface area (TPSA) is 12.0 Å². The van der Waals surface area contributed by atoms with Crippen molar-refractivity contribution in [3.05, 3.63) is 29.8 Å². The van der Waals surface area contributed by atoms with E-state index in [2.05, 4.69) is 29.6 Å². The maximum absolute atomic E-state index is 3.60. The number of rotatable bonds is 1. The van der Waals surface area contributed by atoms with E-state index < -0.39 is 0 Å². The molecule has 3 rings (SSSR count). The van der Waals surface area contributed by atoms with Crippen LogP contribution >= 0.6 is 0 Å². The largest absolute Gasteiger partial charge is 0.381 e. The van der Waals surface area contributed by atoms with Crippen LogP contribution in [-0.2, 0) is 6.42 Å². The molecule has 0 unspecified atom stereocenters. The number of para-hydroxylation sites is 1. The molecule has 0 radical (unpaired) electrons. The lowest BCUT2D eigenvalue weighted by Gasteiger charge is -2.07. The Morgan fingerprint density at radius 1 is 1.17 bits per heavy atom. The molecule has 0 saturated heterocycles. The summed E-state index contributed by atoms with van der Waals surface area (Å²) in [4.78, 5) is 0. The van der Waals surface area contributed by atoms with Crippen molar-refractivity contribution in [3.8, 4) is 0 Å². The van der Waals surface area contributed by atoms with E-state index in [1.54, 1.807) is 0 Å². The van der Waals surface area contributed by atoms with Crippen molar-refractivity contribution in [3.63, 3.8) is 0 Å². The van der Waals surface area contributed by atoms with E-state index in [0.29, 0.717) is 0 Å². The maximum Gasteiger partial charge on any atom is 0.0375 e. The Balaban J connectivity index is 1.89. The highest BCUT2D eigenvalue weighted by atomic mass is 15.0. The molecule has 1 aromatic rings. The van der Waals surface area contributed by atoms with Gasteiger partial charge in [0, 0.05) is 11.7 Å². The standard InChI is InChI=1S/C11H13N/c1-2-4-10-9(3-1)7-11(12-10)8-5-6-8/h1-4,8,11-12H,5-7H2/t11-/m1/s1. The first-order chi connectivity index (χ1) is 5.93. The van der Waals surface area contributed by atoms with E-state index in [-0.39, 0.29) is 0 Å². The average Bonchev–Trinajstić information content (AvgIpc) is 2.85. The number of fused-ring (bicyclic) bond motifs is 1. The summed E-state index contributed by atoms with van der Waals surface area (Å²) in [5, 5.41) is 3.60. The molecule has 1 heteroatoms. The third kappa shape index (κ3) is 0.927. The minimum Gasteiger partial charge on any atom is -0.381 e. The van der Waals surface area contributed by atoms with Crippen molar-refractivity contribution in [2.24, 2.45) is 5.92 Å². The second-order valence-electron chi connectivity index (χ2n) is 3.95. The van der Waals surface area contributed by atoms with Crippen molar-refractivity contribution in [2.45, 2.75) is 25.3 Å². The Bertz CT molecular complexity index is 277. The van der Waals surface area contributed by atoms with Crippen LogP contribution in [0.15, 0.2) is 24.3 Å². The SMILES string of the molecule is c1ccc2c(c1)C[C@H](C1CC1)N2. The van der Waals surface area contributed by atoms with Gasteiger partial charge < -0.3 is 5.32 Å². The Morgan fingerprint density at radius 2 is 2.00 bits per heavy atom. The summed E-state index contributed by atoms with van der Waals surface area (Å²) >= 11 is 0. The van der Waals surface area contributed by atoms with Crippen molar-refractivity contribution < 1.29 is 0 Å². The summed E-state index contributed by atoms with van der Waals surface area (Å²) in [7, 11) is 0. The summed E-state index contributed by atoms with van der Waals surface area (Å²) in [6.45, 7) is 0. The van der Waals surface area contributed by atoms with Crippen LogP contribution in [0, 0.1) is 5.92 Å². The molecule has 1 nitrogen and oxygen atoms in total. The number of anilines is 1. The molecule has 12 heavy (non-hydrogen) atoms. The fraction of sp³-hybridized carbons (Fsp3) is 0.455. The zero-order valence-corrected chi connectivity index (χ0v) is 7.09. The maximum atomic E-state index is 3.60. The number of nitrogens with one attached hydrogen (secondary N) is 1. The van der Waals surface area contributed by atoms with E-state index in [4.69, 9.17) is 0 Å². The lowest BCUT2D eigenvalue weighted by Crippen LogP contribution is -2.17. The summed E-state index contributed by atoms with van der Waals surface area (Å²) in [6.07, 6.45) is 4.12. The van der Waals surface area contributed by atoms with Crippen molar-refractivity contribution in [1.82, 2.24) is 0 Å². The second-order valence-corrected chi connectivity index (χ2v) is 3.95. The van der Waals surface area contributed by atoms with Gasteiger partial charge in [0.2, 0.25) is 0 Å². The fourth-order valence-electron chi connectivity index (χ4n) is 2.11. The molecular weight excluding hydrogens is 146 g/mol. The predicted molar refractivity (Wildman–Crippen MR) is 50.3 cm³/mol. The normalized spacial score (nSPS) is 26.5. The number of hydrogen-bond donors (Lipinski definition) is 1. The van der Waals surface area contributed by atoms with Crippen LogP contribution in [0.5, 0.6) is 0 Å². The predicted octanol–water partition coefficient (Wildman–Crippen LogP) is 2.43. The van der Waals surface area contributed by atoms with Crippen LogP contribution in [-0.4, -0.2) is 6.04 Å². The first kappa shape index (κ1) is 6.53. The molecule has 2 aliphatic rings. The van der Waals surface area contributed by atoms with Gasteiger partial charge >= 0.3 is 0 Å². The van der Waals surface area contributed by atoms with Crippen LogP contribution in [0.3, 0.4) is 0 Å². The Hall–Kier alpha value is -0.980. The highest BCUT2D eigenvalue weighted by molar-refractivity contribution is 5.56. The van der Waals surface area contributed by atoms with Crippen LogP contribution in [0.1, 0.15) is 18.4 Å². The van der Waals surface area contributed by atoms with Crippen molar-refractivity contribution in [2.75, 3.05) is 5.32 Å². The highest BCUT2D eigenvalue weighted by Crippen LogP contribution is 2.39. The molecule has 0 aromatic heterocycles. The molecule has 1 aliphatic heterocycles. The smallest absolute Gasteiger partial charge is 0.0375 e. The minimum absolute atomic E-state index is 0.752. The van der Waals surface area contributed by atoms with Gasteiger partial charge in [0.1, 0.15) is 0 Å². The van der Waals surface area contributed by atoms with E-state index in [9.17, 15) is 0 Å². The van der Waals surface area contributed by atoms with E-state index in [0.717, 1.165) is 12.0 Å². The average molecular weight is 159 g/mol. The van der Waals surface area contributed by atoms with Crippen LogP contribution in [0.4, 0.5) is 5.69 Å². The molecule has 1 aromatic carbocycles. The first-order valence-corrected chi connectivity index (χ1v) is 4.78. The van der Waals surface area contributed by atoms with Gasteiger partial charge in [0.05, 0.1) is 0 Å². The first-order valence-electron chi connectivity index (χ1n) is 4.78. The Kier molecular flexibility index (Phi) is 1.23. The zero-order chi connectivity index (χ0) is 7.97. The van der Waals surface area contributed by atoms with Gasteiger partial charge in [-0.05, 0) is 36.8 Å². The van der Waals surface area contributed by atoms with Crippen molar-refractivity contribution >= 4 is 5.69 Å². The van der Waals surface area contributed by atoms with Gasteiger partial charge in [-0.25, -0.2) is 0 Å². The van der Waals surface area contributed by atoms with Gasteiger partial charge in [-0.2, -0.15) is 0 Å². The van der Waals surface area contributed by atoms with Crippen LogP contribution in [0.25, 0.3) is 0 Å². The lowest BCUT2D eigenvalue weighted by molar-refractivity contribution is 0.660. The van der Waals surface area contributed by atoms with Gasteiger partial charge in [0.15, 0.2) is 0 Å². The monoisotopic (exact) mass is 159 g/mol. The van der Waals surface area contributed by atoms with Crippen LogP contribution in [0.2, 0.25) is 0 Å². The Labute approximate surface area is 72.8 Å². The van der Waals surface area contributed by atoms with E-state index >= 15 is 0 Å². The van der Waals surface area contributed by atoms with E-state index in [1.165, 1.54) is 30.5 Å². The molecule has 1 aliphatic carbocycles. The number of hydrogen-bond acceptors (Lipinski definition) is 1. The Morgan fingerprint density at radius 3 is 2.75 bits per heavy atom. The molecule has 1 heterocycles. The third-order valence-electron chi connectivity index (χ3n) is 2.99. The zero-order valence-electron chi connectivity index (χ0n) is 7.09. The summed E-state index contributed by atoms with van der Waals surface area (Å²) in [5.41, 5.74) is 2.88. The van der Waals surface area contributed by atoms with Crippen molar-refractivity contribution in [1.29, 1.82) is 0 Å². The fourth-order valence-corrected chi connectivity index (χ4v) is 2.11. The van der Waals surface area contributed by atoms with Gasteiger partial charge in [-0.1, -0.05) is 18.2 Å². The molecule has 1 fully saturated rings. The van der Waals surface area contributed by atoms with E-state index in [1.807, 2.05) is 0 Å². The molecule has 1 saturated carbocycles. The molecule has 1 atom stereocenters. The summed E-state index contributed by atoms with van der Waals surface area (Å²) in [6, 6.07) is 9.43. The molecule has 62 valence electrons. The highest BCUT2D eigenvalue weighted by Gasteiger charge is 2.34. The third-order valence-corrected chi connectivity index (χ3v) is 2.99. The minimum atomic E-state index is 0.752. The molecule has 0 bridgehead atoms. The molecular formula is C11H13N. The quantitative estimate of drug-likeness (QED) is 0.663. The van der Waals surface area contributed by atoms with Gasteiger partial charge in [-0.15, -0.1) is 0 Å². The van der Waals surface area contributed by atoms with Crippen LogP contribution < -0.4 is 5.32 Å². The summed E-state index contributed by atoms with van der Waals surface area (Å²) in [5.74, 6) is 0.970. The molecule has 1 N–H and O–H groups in total. The summed E-state index contributed by atoms with van der Waals surface area (Å²) < 4.78 is 0. The molecule has 0 spiro atoms. The van der Waals surface area contributed by atoms with Gasteiger partial charge in [0.25, 0.3) is 0 Å². The molecule has 0 amide bonds. The lowest BCUT2D eigenvalue weighted by atomic mass is 10.1.